The molecular formula is C16H24N2O. The minimum Gasteiger partial charge on any atom is -0.315 e. The first-order valence-electron chi connectivity index (χ1n) is 7.11. The predicted molar refractivity (Wildman–Crippen MR) is 79.6 cm³/mol. The van der Waals surface area contributed by atoms with Gasteiger partial charge in [-0.15, -0.1) is 0 Å². The molecule has 0 fully saturated rings. The number of fused-ring (bicyclic) bond motifs is 1. The fraction of sp³-hybridized carbons (Fsp3) is 0.562. The lowest BCUT2D eigenvalue weighted by atomic mass is 9.96. The van der Waals surface area contributed by atoms with Crippen LogP contribution in [0.2, 0.25) is 0 Å². The molecule has 1 aromatic rings. The molecule has 3 nitrogen and oxygen atoms in total. The molecule has 104 valence electrons. The number of rotatable bonds is 4. The molecular weight excluding hydrogens is 236 g/mol. The number of nitrogens with zero attached hydrogens (tertiary/aromatic N) is 1. The van der Waals surface area contributed by atoms with Gasteiger partial charge >= 0.3 is 0 Å². The summed E-state index contributed by atoms with van der Waals surface area (Å²) in [5.74, 6) is 0.218. The zero-order chi connectivity index (χ0) is 14.0. The van der Waals surface area contributed by atoms with Crippen molar-refractivity contribution >= 4 is 11.6 Å². The van der Waals surface area contributed by atoms with Gasteiger partial charge in [-0.05, 0) is 37.0 Å². The Morgan fingerprint density at radius 2 is 2.00 bits per heavy atom. The maximum Gasteiger partial charge on any atom is 0.227 e. The van der Waals surface area contributed by atoms with Gasteiger partial charge in [0.25, 0.3) is 0 Å². The lowest BCUT2D eigenvalue weighted by Gasteiger charge is -2.26. The van der Waals surface area contributed by atoms with E-state index in [1.54, 1.807) is 4.90 Å². The Morgan fingerprint density at radius 3 is 2.68 bits per heavy atom. The average molecular weight is 260 g/mol. The van der Waals surface area contributed by atoms with E-state index in [1.165, 1.54) is 11.1 Å². The number of benzene rings is 1. The van der Waals surface area contributed by atoms with Gasteiger partial charge in [0.2, 0.25) is 5.91 Å². The van der Waals surface area contributed by atoms with Crippen molar-refractivity contribution in [2.45, 2.75) is 52.1 Å². The van der Waals surface area contributed by atoms with E-state index < -0.39 is 0 Å². The number of hydrogen-bond donors (Lipinski definition) is 1. The highest BCUT2D eigenvalue weighted by Crippen LogP contribution is 2.27. The Kier molecular flexibility index (Phi) is 4.25. The lowest BCUT2D eigenvalue weighted by molar-refractivity contribution is -0.118. The third kappa shape index (κ3) is 3.35. The molecule has 1 unspecified atom stereocenters. The maximum atomic E-state index is 11.7. The van der Waals surface area contributed by atoms with Crippen LogP contribution >= 0.6 is 0 Å². The number of hydrogen-bond acceptors (Lipinski definition) is 2. The lowest BCUT2D eigenvalue weighted by Crippen LogP contribution is -2.34. The normalized spacial score (nSPS) is 16.7. The molecule has 0 saturated heterocycles. The van der Waals surface area contributed by atoms with Gasteiger partial charge < -0.3 is 10.2 Å². The number of anilines is 1. The van der Waals surface area contributed by atoms with Gasteiger partial charge in [0.1, 0.15) is 0 Å². The fourth-order valence-electron chi connectivity index (χ4n) is 2.82. The first-order valence-corrected chi connectivity index (χ1v) is 7.11. The average Bonchev–Trinajstić information content (AvgIpc) is 2.33. The van der Waals surface area contributed by atoms with E-state index in [0.29, 0.717) is 18.5 Å². The molecule has 0 radical (unpaired) electrons. The molecule has 0 aromatic heterocycles. The van der Waals surface area contributed by atoms with Gasteiger partial charge in [0.05, 0.1) is 0 Å². The summed E-state index contributed by atoms with van der Waals surface area (Å²) in [4.78, 5) is 13.4. The molecule has 1 heterocycles. The van der Waals surface area contributed by atoms with Crippen LogP contribution in [0.15, 0.2) is 18.2 Å². The molecule has 0 aliphatic carbocycles. The minimum atomic E-state index is 0.218. The molecule has 19 heavy (non-hydrogen) atoms. The number of amides is 1. The molecule has 0 spiro atoms. The predicted octanol–water partition coefficient (Wildman–Crippen LogP) is 2.52. The molecule has 3 heteroatoms. The summed E-state index contributed by atoms with van der Waals surface area (Å²) < 4.78 is 0. The van der Waals surface area contributed by atoms with Gasteiger partial charge in [0, 0.05) is 31.2 Å². The molecule has 1 N–H and O–H groups in total. The van der Waals surface area contributed by atoms with Crippen LogP contribution in [-0.2, 0) is 17.6 Å². The van der Waals surface area contributed by atoms with E-state index in [1.807, 2.05) is 7.05 Å². The smallest absolute Gasteiger partial charge is 0.227 e. The van der Waals surface area contributed by atoms with E-state index >= 15 is 0 Å². The zero-order valence-corrected chi connectivity index (χ0v) is 12.4. The van der Waals surface area contributed by atoms with Crippen molar-refractivity contribution in [3.8, 4) is 0 Å². The second kappa shape index (κ2) is 5.74. The zero-order valence-electron chi connectivity index (χ0n) is 12.4. The van der Waals surface area contributed by atoms with Crippen LogP contribution in [0, 0.1) is 0 Å². The van der Waals surface area contributed by atoms with Crippen LogP contribution in [0.1, 0.15) is 38.3 Å². The molecule has 1 amide bonds. The van der Waals surface area contributed by atoms with Crippen molar-refractivity contribution < 1.29 is 4.79 Å². The maximum absolute atomic E-state index is 11.7. The SMILES string of the molecule is CC(C)NC(C)Cc1ccc2c(c1)CCC(=O)N2C. The summed E-state index contributed by atoms with van der Waals surface area (Å²) in [7, 11) is 1.86. The van der Waals surface area contributed by atoms with Crippen LogP contribution in [0.3, 0.4) is 0 Å². The summed E-state index contributed by atoms with van der Waals surface area (Å²) in [6.07, 6.45) is 2.54. The van der Waals surface area contributed by atoms with Crippen molar-refractivity contribution in [1.82, 2.24) is 5.32 Å². The van der Waals surface area contributed by atoms with Crippen LogP contribution in [0.4, 0.5) is 5.69 Å². The Hall–Kier alpha value is -1.35. The van der Waals surface area contributed by atoms with Crippen LogP contribution in [0.5, 0.6) is 0 Å². The second-order valence-corrected chi connectivity index (χ2v) is 5.84. The quantitative estimate of drug-likeness (QED) is 0.902. The number of aryl methyl sites for hydroxylation is 1. The number of carbonyl (C=O) groups excluding carboxylic acids is 1. The van der Waals surface area contributed by atoms with E-state index in [9.17, 15) is 4.79 Å². The Labute approximate surface area is 116 Å². The van der Waals surface area contributed by atoms with E-state index in [4.69, 9.17) is 0 Å². The van der Waals surface area contributed by atoms with Gasteiger partial charge in [-0.3, -0.25) is 4.79 Å². The van der Waals surface area contributed by atoms with E-state index in [2.05, 4.69) is 44.3 Å². The second-order valence-electron chi connectivity index (χ2n) is 5.84. The molecule has 1 aliphatic rings. The first kappa shape index (κ1) is 14.1. The van der Waals surface area contributed by atoms with E-state index in [0.717, 1.165) is 18.5 Å². The third-order valence-electron chi connectivity index (χ3n) is 3.65. The van der Waals surface area contributed by atoms with Crippen molar-refractivity contribution in [3.63, 3.8) is 0 Å². The molecule has 2 rings (SSSR count). The van der Waals surface area contributed by atoms with Crippen molar-refractivity contribution in [1.29, 1.82) is 0 Å². The Balaban J connectivity index is 2.11. The summed E-state index contributed by atoms with van der Waals surface area (Å²) in [5, 5.41) is 3.52. The molecule has 0 saturated carbocycles. The summed E-state index contributed by atoms with van der Waals surface area (Å²) in [5.41, 5.74) is 3.72. The molecule has 1 aromatic carbocycles. The number of nitrogens with one attached hydrogen (secondary N) is 1. The summed E-state index contributed by atoms with van der Waals surface area (Å²) >= 11 is 0. The fourth-order valence-corrected chi connectivity index (χ4v) is 2.82. The van der Waals surface area contributed by atoms with Gasteiger partial charge in [0.15, 0.2) is 0 Å². The number of carbonyl (C=O) groups is 1. The van der Waals surface area contributed by atoms with Crippen LogP contribution < -0.4 is 10.2 Å². The topological polar surface area (TPSA) is 32.3 Å². The van der Waals surface area contributed by atoms with Crippen molar-refractivity contribution in [2.24, 2.45) is 0 Å². The van der Waals surface area contributed by atoms with Crippen LogP contribution in [0.25, 0.3) is 0 Å². The Bertz CT molecular complexity index is 468. The largest absolute Gasteiger partial charge is 0.315 e. The highest BCUT2D eigenvalue weighted by molar-refractivity contribution is 5.95. The van der Waals surface area contributed by atoms with Gasteiger partial charge in [-0.25, -0.2) is 0 Å². The highest BCUT2D eigenvalue weighted by atomic mass is 16.2. The van der Waals surface area contributed by atoms with Crippen LogP contribution in [-0.4, -0.2) is 25.0 Å². The third-order valence-corrected chi connectivity index (χ3v) is 3.65. The summed E-state index contributed by atoms with van der Waals surface area (Å²) in [6.45, 7) is 6.56. The Morgan fingerprint density at radius 1 is 1.26 bits per heavy atom. The monoisotopic (exact) mass is 260 g/mol. The van der Waals surface area contributed by atoms with Crippen molar-refractivity contribution in [3.05, 3.63) is 29.3 Å². The first-order chi connectivity index (χ1) is 8.97. The molecule has 0 bridgehead atoms. The van der Waals surface area contributed by atoms with E-state index in [-0.39, 0.29) is 5.91 Å². The van der Waals surface area contributed by atoms with Crippen molar-refractivity contribution in [2.75, 3.05) is 11.9 Å². The highest BCUT2D eigenvalue weighted by Gasteiger charge is 2.20. The molecule has 1 aliphatic heterocycles. The summed E-state index contributed by atoms with van der Waals surface area (Å²) in [6, 6.07) is 7.48. The van der Waals surface area contributed by atoms with Gasteiger partial charge in [-0.1, -0.05) is 26.0 Å². The minimum absolute atomic E-state index is 0.218. The van der Waals surface area contributed by atoms with Gasteiger partial charge in [-0.2, -0.15) is 0 Å². The molecule has 1 atom stereocenters. The standard InChI is InChI=1S/C16H24N2O/c1-11(2)17-12(3)9-13-5-7-15-14(10-13)6-8-16(19)18(15)4/h5,7,10-12,17H,6,8-9H2,1-4H3.